The van der Waals surface area contributed by atoms with E-state index >= 15 is 0 Å². The number of ketones is 1. The van der Waals surface area contributed by atoms with Crippen LogP contribution in [0.15, 0.2) is 47.4 Å². The molecular weight excluding hydrogens is 373 g/mol. The van der Waals surface area contributed by atoms with Gasteiger partial charge in [0.25, 0.3) is 0 Å². The lowest BCUT2D eigenvalue weighted by atomic mass is 9.91. The average molecular weight is 391 g/mol. The first-order chi connectivity index (χ1) is 12.9. The minimum Gasteiger partial charge on any atom is -0.454 e. The number of hydrogen-bond donors (Lipinski definition) is 0. The van der Waals surface area contributed by atoms with Gasteiger partial charge in [0.05, 0.1) is 4.90 Å². The van der Waals surface area contributed by atoms with Crippen LogP contribution < -0.4 is 9.47 Å². The van der Waals surface area contributed by atoms with Crippen molar-refractivity contribution in [1.29, 1.82) is 0 Å². The summed E-state index contributed by atoms with van der Waals surface area (Å²) in [7, 11) is -3.75. The van der Waals surface area contributed by atoms with Crippen LogP contribution in [0.5, 0.6) is 11.5 Å². The molecule has 0 saturated carbocycles. The van der Waals surface area contributed by atoms with Gasteiger partial charge >= 0.3 is 0 Å². The van der Waals surface area contributed by atoms with Crippen LogP contribution in [0.1, 0.15) is 23.2 Å². The van der Waals surface area contributed by atoms with E-state index in [-0.39, 0.29) is 24.0 Å². The van der Waals surface area contributed by atoms with Crippen molar-refractivity contribution < 1.29 is 27.1 Å². The summed E-state index contributed by atoms with van der Waals surface area (Å²) in [5.41, 5.74) is 0.392. The van der Waals surface area contributed by atoms with Crippen molar-refractivity contribution in [1.82, 2.24) is 4.31 Å². The van der Waals surface area contributed by atoms with Gasteiger partial charge in [-0.1, -0.05) is 0 Å². The average Bonchev–Trinajstić information content (AvgIpc) is 3.16. The standard InChI is InChI=1S/C19H18FNO5S/c20-15-5-3-13(4-6-15)19(22)14-2-1-9-21(11-14)27(23,24)16-7-8-17-18(10-16)26-12-25-17/h3-8,10,14H,1-2,9,11-12H2. The van der Waals surface area contributed by atoms with Gasteiger partial charge in [0.15, 0.2) is 17.3 Å². The fraction of sp³-hybridized carbons (Fsp3) is 0.316. The maximum atomic E-state index is 13.1. The van der Waals surface area contributed by atoms with Crippen molar-refractivity contribution in [3.8, 4) is 11.5 Å². The number of benzene rings is 2. The Bertz CT molecular complexity index is 974. The molecule has 1 unspecified atom stereocenters. The minimum atomic E-state index is -3.75. The van der Waals surface area contributed by atoms with Crippen LogP contribution in [0, 0.1) is 11.7 Å². The molecule has 0 radical (unpaired) electrons. The fourth-order valence-electron chi connectivity index (χ4n) is 3.41. The summed E-state index contributed by atoms with van der Waals surface area (Å²) in [6, 6.07) is 9.83. The summed E-state index contributed by atoms with van der Waals surface area (Å²) in [4.78, 5) is 12.8. The second kappa shape index (κ2) is 6.94. The van der Waals surface area contributed by atoms with Gasteiger partial charge in [-0.3, -0.25) is 4.79 Å². The van der Waals surface area contributed by atoms with Crippen LogP contribution in [0.4, 0.5) is 4.39 Å². The molecule has 2 aromatic rings. The van der Waals surface area contributed by atoms with Gasteiger partial charge in [-0.15, -0.1) is 0 Å². The Morgan fingerprint density at radius 1 is 1.07 bits per heavy atom. The predicted molar refractivity (Wildman–Crippen MR) is 94.8 cm³/mol. The maximum absolute atomic E-state index is 13.1. The lowest BCUT2D eigenvalue weighted by molar-refractivity contribution is 0.0872. The van der Waals surface area contributed by atoms with Gasteiger partial charge in [-0.05, 0) is 49.2 Å². The molecule has 2 aliphatic rings. The zero-order valence-electron chi connectivity index (χ0n) is 14.4. The third-order valence-electron chi connectivity index (χ3n) is 4.87. The van der Waals surface area contributed by atoms with Crippen LogP contribution in [0.25, 0.3) is 0 Å². The molecule has 1 saturated heterocycles. The van der Waals surface area contributed by atoms with Gasteiger partial charge in [-0.2, -0.15) is 4.31 Å². The molecule has 2 aliphatic heterocycles. The minimum absolute atomic E-state index is 0.0663. The summed E-state index contributed by atoms with van der Waals surface area (Å²) in [5.74, 6) is -0.125. The molecule has 1 atom stereocenters. The normalized spacial score (nSPS) is 19.8. The third kappa shape index (κ3) is 3.42. The van der Waals surface area contributed by atoms with Crippen LogP contribution >= 0.6 is 0 Å². The van der Waals surface area contributed by atoms with E-state index in [0.29, 0.717) is 36.4 Å². The number of rotatable bonds is 4. The van der Waals surface area contributed by atoms with Crippen molar-refractivity contribution in [3.63, 3.8) is 0 Å². The molecule has 0 amide bonds. The Morgan fingerprint density at radius 3 is 2.59 bits per heavy atom. The number of sulfonamides is 1. The van der Waals surface area contributed by atoms with Crippen molar-refractivity contribution in [3.05, 3.63) is 53.8 Å². The zero-order chi connectivity index (χ0) is 19.0. The van der Waals surface area contributed by atoms with E-state index in [1.165, 1.54) is 40.7 Å². The highest BCUT2D eigenvalue weighted by Gasteiger charge is 2.34. The van der Waals surface area contributed by atoms with E-state index in [1.807, 2.05) is 0 Å². The van der Waals surface area contributed by atoms with E-state index in [1.54, 1.807) is 6.07 Å². The Hall–Kier alpha value is -2.45. The molecule has 0 N–H and O–H groups in total. The molecule has 0 spiro atoms. The third-order valence-corrected chi connectivity index (χ3v) is 6.73. The highest BCUT2D eigenvalue weighted by Crippen LogP contribution is 2.35. The van der Waals surface area contributed by atoms with Crippen LogP contribution in [-0.2, 0) is 10.0 Å². The molecule has 0 bridgehead atoms. The second-order valence-corrected chi connectivity index (χ2v) is 8.53. The summed E-state index contributed by atoms with van der Waals surface area (Å²) < 4.78 is 50.9. The van der Waals surface area contributed by atoms with E-state index in [9.17, 15) is 17.6 Å². The van der Waals surface area contributed by atoms with Crippen molar-refractivity contribution >= 4 is 15.8 Å². The Kier molecular flexibility index (Phi) is 4.61. The molecule has 8 heteroatoms. The van der Waals surface area contributed by atoms with Gasteiger partial charge in [0.1, 0.15) is 5.82 Å². The fourth-order valence-corrected chi connectivity index (χ4v) is 4.95. The highest BCUT2D eigenvalue weighted by molar-refractivity contribution is 7.89. The Balaban J connectivity index is 1.55. The first-order valence-corrected chi connectivity index (χ1v) is 10.1. The SMILES string of the molecule is O=C(c1ccc(F)cc1)C1CCCN(S(=O)(=O)c2ccc3c(c2)OCO3)C1. The second-order valence-electron chi connectivity index (χ2n) is 6.59. The summed E-state index contributed by atoms with van der Waals surface area (Å²) in [6.07, 6.45) is 1.19. The predicted octanol–water partition coefficient (Wildman–Crippen LogP) is 2.84. The quantitative estimate of drug-likeness (QED) is 0.750. The van der Waals surface area contributed by atoms with E-state index in [2.05, 4.69) is 0 Å². The zero-order valence-corrected chi connectivity index (χ0v) is 15.2. The van der Waals surface area contributed by atoms with E-state index < -0.39 is 21.8 Å². The number of ether oxygens (including phenoxy) is 2. The molecule has 4 rings (SSSR count). The largest absolute Gasteiger partial charge is 0.454 e. The lowest BCUT2D eigenvalue weighted by Gasteiger charge is -2.31. The van der Waals surface area contributed by atoms with Gasteiger partial charge in [0.2, 0.25) is 16.8 Å². The maximum Gasteiger partial charge on any atom is 0.243 e. The molecule has 27 heavy (non-hydrogen) atoms. The lowest BCUT2D eigenvalue weighted by Crippen LogP contribution is -2.42. The summed E-state index contributed by atoms with van der Waals surface area (Å²) >= 11 is 0. The van der Waals surface area contributed by atoms with Crippen molar-refractivity contribution in [2.24, 2.45) is 5.92 Å². The molecule has 0 aliphatic carbocycles. The highest BCUT2D eigenvalue weighted by atomic mass is 32.2. The molecule has 1 fully saturated rings. The number of nitrogens with zero attached hydrogens (tertiary/aromatic N) is 1. The monoisotopic (exact) mass is 391 g/mol. The number of fused-ring (bicyclic) bond motifs is 1. The first kappa shape index (κ1) is 17.9. The Labute approximate surface area is 156 Å². The number of Topliss-reactive ketones (excluding diaryl/α,β-unsaturated/α-hetero) is 1. The molecular formula is C19H18FNO5S. The van der Waals surface area contributed by atoms with Crippen molar-refractivity contribution in [2.75, 3.05) is 19.9 Å². The van der Waals surface area contributed by atoms with E-state index in [4.69, 9.17) is 9.47 Å². The van der Waals surface area contributed by atoms with Gasteiger partial charge in [0, 0.05) is 30.6 Å². The number of halogens is 1. The number of piperidine rings is 1. The smallest absolute Gasteiger partial charge is 0.243 e. The van der Waals surface area contributed by atoms with Crippen molar-refractivity contribution in [2.45, 2.75) is 17.7 Å². The summed E-state index contributed by atoms with van der Waals surface area (Å²) in [6.45, 7) is 0.522. The molecule has 6 nitrogen and oxygen atoms in total. The van der Waals surface area contributed by atoms with Crippen LogP contribution in [-0.4, -0.2) is 38.4 Å². The van der Waals surface area contributed by atoms with Crippen LogP contribution in [0.3, 0.4) is 0 Å². The number of hydrogen-bond acceptors (Lipinski definition) is 5. The molecule has 2 heterocycles. The topological polar surface area (TPSA) is 72.9 Å². The molecule has 0 aromatic heterocycles. The van der Waals surface area contributed by atoms with Gasteiger partial charge in [-0.25, -0.2) is 12.8 Å². The summed E-state index contributed by atoms with van der Waals surface area (Å²) in [5, 5.41) is 0. The Morgan fingerprint density at radius 2 is 1.81 bits per heavy atom. The van der Waals surface area contributed by atoms with Crippen LogP contribution in [0.2, 0.25) is 0 Å². The molecule has 142 valence electrons. The van der Waals surface area contributed by atoms with Gasteiger partial charge < -0.3 is 9.47 Å². The molecule has 2 aromatic carbocycles. The van der Waals surface area contributed by atoms with E-state index in [0.717, 1.165) is 0 Å². The first-order valence-electron chi connectivity index (χ1n) is 8.65. The number of carbonyl (C=O) groups is 1. The number of carbonyl (C=O) groups excluding carboxylic acids is 1.